The second-order valence-corrected chi connectivity index (χ2v) is 8.87. The Balaban J connectivity index is 1.67. The molecule has 3 aromatic rings. The van der Waals surface area contributed by atoms with Crippen LogP contribution in [0.4, 0.5) is 21.9 Å². The average molecular weight is 471 g/mol. The fourth-order valence-electron chi connectivity index (χ4n) is 2.40. The van der Waals surface area contributed by atoms with E-state index in [0.717, 1.165) is 0 Å². The maximum absolute atomic E-state index is 12.5. The molecule has 0 bridgehead atoms. The van der Waals surface area contributed by atoms with Gasteiger partial charge in [0.25, 0.3) is 10.0 Å². The molecule has 150 valence electrons. The lowest BCUT2D eigenvalue weighted by Crippen LogP contribution is -2.19. The zero-order valence-corrected chi connectivity index (χ0v) is 17.7. The van der Waals surface area contributed by atoms with Crippen LogP contribution in [0.3, 0.4) is 0 Å². The molecule has 0 spiro atoms. The lowest BCUT2D eigenvalue weighted by atomic mass is 10.3. The Morgan fingerprint density at radius 2 is 1.28 bits per heavy atom. The number of carbonyl (C=O) groups is 1. The Hall–Kier alpha value is -2.45. The highest BCUT2D eigenvalue weighted by atomic mass is 35.5. The molecule has 0 aliphatic carbocycles. The van der Waals surface area contributed by atoms with E-state index in [4.69, 9.17) is 34.8 Å². The van der Waals surface area contributed by atoms with Crippen LogP contribution in [-0.4, -0.2) is 14.4 Å². The summed E-state index contributed by atoms with van der Waals surface area (Å²) in [4.78, 5) is 12.1. The Morgan fingerprint density at radius 1 is 0.690 bits per heavy atom. The summed E-state index contributed by atoms with van der Waals surface area (Å²) >= 11 is 17.7. The highest BCUT2D eigenvalue weighted by molar-refractivity contribution is 7.92. The van der Waals surface area contributed by atoms with E-state index in [1.54, 1.807) is 24.3 Å². The standard InChI is InChI=1S/C19H14Cl3N3O3S/c20-12-2-1-3-16(9-12)24-19(26)23-15-4-6-18(7-5-15)29(27,28)25-17-10-13(21)8-14(22)11-17/h1-11,25H,(H2,23,24,26). The highest BCUT2D eigenvalue weighted by Crippen LogP contribution is 2.25. The number of nitrogens with one attached hydrogen (secondary N) is 3. The largest absolute Gasteiger partial charge is 0.323 e. The number of hydrogen-bond donors (Lipinski definition) is 3. The van der Waals surface area contributed by atoms with Crippen LogP contribution in [0.2, 0.25) is 15.1 Å². The molecule has 0 fully saturated rings. The lowest BCUT2D eigenvalue weighted by Gasteiger charge is -2.11. The first-order valence-electron chi connectivity index (χ1n) is 8.14. The van der Waals surface area contributed by atoms with Crippen molar-refractivity contribution in [1.29, 1.82) is 0 Å². The Labute approximate surface area is 182 Å². The molecule has 6 nitrogen and oxygen atoms in total. The Bertz CT molecular complexity index is 1130. The second-order valence-electron chi connectivity index (χ2n) is 5.88. The minimum atomic E-state index is -3.86. The van der Waals surface area contributed by atoms with Gasteiger partial charge in [-0.2, -0.15) is 0 Å². The third kappa shape index (κ3) is 6.01. The van der Waals surface area contributed by atoms with Crippen LogP contribution >= 0.6 is 34.8 Å². The number of benzene rings is 3. The number of sulfonamides is 1. The number of carbonyl (C=O) groups excluding carboxylic acids is 1. The van der Waals surface area contributed by atoms with E-state index < -0.39 is 16.1 Å². The van der Waals surface area contributed by atoms with Crippen molar-refractivity contribution < 1.29 is 13.2 Å². The normalized spacial score (nSPS) is 11.0. The first-order chi connectivity index (χ1) is 13.7. The summed E-state index contributed by atoms with van der Waals surface area (Å²) < 4.78 is 27.4. The molecular weight excluding hydrogens is 457 g/mol. The van der Waals surface area contributed by atoms with E-state index in [0.29, 0.717) is 26.4 Å². The third-order valence-corrected chi connectivity index (χ3v) is 5.69. The summed E-state index contributed by atoms with van der Waals surface area (Å²) in [5.41, 5.74) is 1.18. The van der Waals surface area contributed by atoms with Gasteiger partial charge in [0.2, 0.25) is 0 Å². The smallest absolute Gasteiger partial charge is 0.308 e. The van der Waals surface area contributed by atoms with E-state index in [9.17, 15) is 13.2 Å². The summed E-state index contributed by atoms with van der Waals surface area (Å²) in [6.07, 6.45) is 0. The molecule has 0 radical (unpaired) electrons. The SMILES string of the molecule is O=C(Nc1ccc(S(=O)(=O)Nc2cc(Cl)cc(Cl)c2)cc1)Nc1cccc(Cl)c1. The van der Waals surface area contributed by atoms with Crippen LogP contribution in [0.1, 0.15) is 0 Å². The summed E-state index contributed by atoms with van der Waals surface area (Å²) in [7, 11) is -3.86. The van der Waals surface area contributed by atoms with E-state index in [1.165, 1.54) is 42.5 Å². The van der Waals surface area contributed by atoms with Gasteiger partial charge in [0.15, 0.2) is 0 Å². The van der Waals surface area contributed by atoms with Crippen LogP contribution < -0.4 is 15.4 Å². The minimum absolute atomic E-state index is 0.00870. The van der Waals surface area contributed by atoms with Crippen LogP contribution in [0.25, 0.3) is 0 Å². The van der Waals surface area contributed by atoms with Crippen LogP contribution in [0, 0.1) is 0 Å². The van der Waals surface area contributed by atoms with E-state index >= 15 is 0 Å². The second kappa shape index (κ2) is 8.92. The molecule has 10 heteroatoms. The number of halogens is 3. The molecule has 0 atom stereocenters. The van der Waals surface area contributed by atoms with Crippen molar-refractivity contribution in [3.63, 3.8) is 0 Å². The van der Waals surface area contributed by atoms with Gasteiger partial charge in [0.05, 0.1) is 10.6 Å². The summed E-state index contributed by atoms with van der Waals surface area (Å²) in [5, 5.41) is 6.34. The summed E-state index contributed by atoms with van der Waals surface area (Å²) in [5.74, 6) is 0. The van der Waals surface area contributed by atoms with E-state index in [-0.39, 0.29) is 10.6 Å². The van der Waals surface area contributed by atoms with Gasteiger partial charge in [-0.15, -0.1) is 0 Å². The topological polar surface area (TPSA) is 87.3 Å². The molecule has 0 unspecified atom stereocenters. The molecule has 0 saturated carbocycles. The highest BCUT2D eigenvalue weighted by Gasteiger charge is 2.15. The number of anilines is 3. The van der Waals surface area contributed by atoms with Gasteiger partial charge < -0.3 is 10.6 Å². The Morgan fingerprint density at radius 3 is 1.90 bits per heavy atom. The molecule has 29 heavy (non-hydrogen) atoms. The first kappa shape index (κ1) is 21.3. The minimum Gasteiger partial charge on any atom is -0.308 e. The third-order valence-electron chi connectivity index (χ3n) is 3.62. The number of rotatable bonds is 5. The fraction of sp³-hybridized carbons (Fsp3) is 0. The molecule has 2 amide bonds. The molecule has 0 aliphatic heterocycles. The zero-order valence-electron chi connectivity index (χ0n) is 14.6. The summed E-state index contributed by atoms with van der Waals surface area (Å²) in [6, 6.07) is 16.3. The van der Waals surface area contributed by atoms with Gasteiger partial charge in [-0.1, -0.05) is 40.9 Å². The predicted molar refractivity (Wildman–Crippen MR) is 118 cm³/mol. The number of hydrogen-bond acceptors (Lipinski definition) is 3. The average Bonchev–Trinajstić information content (AvgIpc) is 2.60. The molecule has 0 saturated heterocycles. The van der Waals surface area contributed by atoms with E-state index in [2.05, 4.69) is 15.4 Å². The van der Waals surface area contributed by atoms with E-state index in [1.807, 2.05) is 0 Å². The van der Waals surface area contributed by atoms with Crippen molar-refractivity contribution in [3.8, 4) is 0 Å². The van der Waals surface area contributed by atoms with Crippen molar-refractivity contribution in [2.24, 2.45) is 0 Å². The van der Waals surface area contributed by atoms with Gasteiger partial charge >= 0.3 is 6.03 Å². The van der Waals surface area contributed by atoms with Crippen LogP contribution in [0.5, 0.6) is 0 Å². The molecular formula is C19H14Cl3N3O3S. The van der Waals surface area contributed by atoms with Gasteiger partial charge in [-0.25, -0.2) is 13.2 Å². The maximum Gasteiger partial charge on any atom is 0.323 e. The molecule has 0 aliphatic rings. The summed E-state index contributed by atoms with van der Waals surface area (Å²) in [6.45, 7) is 0. The van der Waals surface area contributed by atoms with Gasteiger partial charge in [0.1, 0.15) is 0 Å². The maximum atomic E-state index is 12.5. The van der Waals surface area contributed by atoms with Crippen molar-refractivity contribution in [2.45, 2.75) is 4.90 Å². The van der Waals surface area contributed by atoms with Crippen LogP contribution in [-0.2, 0) is 10.0 Å². The number of amides is 2. The molecule has 3 rings (SSSR count). The quantitative estimate of drug-likeness (QED) is 0.421. The van der Waals surface area contributed by atoms with Crippen molar-refractivity contribution in [3.05, 3.63) is 81.8 Å². The van der Waals surface area contributed by atoms with Gasteiger partial charge in [-0.05, 0) is 60.7 Å². The first-order valence-corrected chi connectivity index (χ1v) is 10.8. The lowest BCUT2D eigenvalue weighted by molar-refractivity contribution is 0.262. The van der Waals surface area contributed by atoms with Gasteiger partial charge in [-0.3, -0.25) is 4.72 Å². The fourth-order valence-corrected chi connectivity index (χ4v) is 4.16. The molecule has 3 N–H and O–H groups in total. The van der Waals surface area contributed by atoms with Crippen LogP contribution in [0.15, 0.2) is 71.6 Å². The zero-order chi connectivity index (χ0) is 21.0. The van der Waals surface area contributed by atoms with Crippen molar-refractivity contribution in [1.82, 2.24) is 0 Å². The van der Waals surface area contributed by atoms with Crippen molar-refractivity contribution >= 4 is 67.9 Å². The van der Waals surface area contributed by atoms with Gasteiger partial charge in [0, 0.05) is 26.4 Å². The number of urea groups is 1. The predicted octanol–water partition coefficient (Wildman–Crippen LogP) is 6.09. The monoisotopic (exact) mass is 469 g/mol. The molecule has 0 aromatic heterocycles. The molecule has 0 heterocycles. The van der Waals surface area contributed by atoms with Crippen molar-refractivity contribution in [2.75, 3.05) is 15.4 Å². The Kier molecular flexibility index (Phi) is 6.54. The molecule has 3 aromatic carbocycles.